The maximum atomic E-state index is 2.69. The summed E-state index contributed by atoms with van der Waals surface area (Å²) in [6, 6.07) is 87.0. The van der Waals surface area contributed by atoms with Gasteiger partial charge in [0.1, 0.15) is 0 Å². The number of rotatable bonds is 10. The van der Waals surface area contributed by atoms with E-state index in [0.29, 0.717) is 0 Å². The Bertz CT molecular complexity index is 3640. The van der Waals surface area contributed by atoms with Gasteiger partial charge in [0.2, 0.25) is 0 Å². The Labute approximate surface area is 446 Å². The molecule has 10 aromatic rings. The van der Waals surface area contributed by atoms with E-state index in [1.54, 1.807) is 0 Å². The van der Waals surface area contributed by atoms with Gasteiger partial charge in [0.15, 0.2) is 0 Å². The summed E-state index contributed by atoms with van der Waals surface area (Å²) in [6.45, 7) is 16.4. The standard InChI is InChI=1S/C72H65BN2/c1-8-9-25-57-42-54(49-26-15-10-16-27-49)36-39-64(57)74-65-40-37-55(50-28-17-11-18-29-50)43-62(65)73-63-44-56(51-30-19-12-20-31-51)38-41-66(63)75(68-48-59(72(5,6)7)47-67(74)69(68)73)70-60(52-32-21-13-22-33-52)45-58(71(2,3)4)46-61(70)53-34-23-14-24-35-53/h10-24,26-48H,8-9,25H2,1-7H3. The molecule has 0 bridgehead atoms. The quantitative estimate of drug-likeness (QED) is 0.126. The van der Waals surface area contributed by atoms with Crippen LogP contribution >= 0.6 is 0 Å². The normalized spacial score (nSPS) is 12.8. The number of fused-ring (bicyclic) bond motifs is 4. The van der Waals surface area contributed by atoms with Crippen LogP contribution in [0.3, 0.4) is 0 Å². The van der Waals surface area contributed by atoms with Gasteiger partial charge in [-0.15, -0.1) is 0 Å². The van der Waals surface area contributed by atoms with Crippen LogP contribution in [0.4, 0.5) is 34.1 Å². The molecule has 0 fully saturated rings. The second-order valence-electron chi connectivity index (χ2n) is 22.8. The third kappa shape index (κ3) is 8.79. The van der Waals surface area contributed by atoms with Gasteiger partial charge < -0.3 is 9.80 Å². The lowest BCUT2D eigenvalue weighted by molar-refractivity contribution is 0.590. The van der Waals surface area contributed by atoms with E-state index in [9.17, 15) is 0 Å². The van der Waals surface area contributed by atoms with Gasteiger partial charge in [0.25, 0.3) is 6.71 Å². The van der Waals surface area contributed by atoms with Crippen molar-refractivity contribution in [3.05, 3.63) is 247 Å². The second kappa shape index (κ2) is 19.3. The zero-order valence-corrected chi connectivity index (χ0v) is 44.5. The second-order valence-corrected chi connectivity index (χ2v) is 22.8. The molecule has 0 N–H and O–H groups in total. The Balaban J connectivity index is 1.25. The lowest BCUT2D eigenvalue weighted by Crippen LogP contribution is -2.61. The number of benzene rings is 10. The van der Waals surface area contributed by atoms with Crippen molar-refractivity contribution < 1.29 is 0 Å². The molecule has 10 aromatic carbocycles. The molecule has 3 heteroatoms. The minimum atomic E-state index is -0.184. The van der Waals surface area contributed by atoms with Crippen LogP contribution in [-0.4, -0.2) is 6.71 Å². The van der Waals surface area contributed by atoms with Gasteiger partial charge in [-0.1, -0.05) is 237 Å². The highest BCUT2D eigenvalue weighted by atomic mass is 15.2. The van der Waals surface area contributed by atoms with Gasteiger partial charge in [-0.25, -0.2) is 0 Å². The molecule has 0 spiro atoms. The monoisotopic (exact) mass is 969 g/mol. The number of nitrogens with zero attached hydrogens (tertiary/aromatic N) is 2. The SMILES string of the molecule is CCCCc1cc(-c2ccccc2)ccc1N1c2ccc(-c3ccccc3)cc2B2c3cc(-c4ccccc4)ccc3N(c3c(-c4ccccc4)cc(C(C)(C)C)cc3-c3ccccc3)c3cc(C(C)(C)C)cc1c32. The van der Waals surface area contributed by atoms with Crippen LogP contribution in [0.1, 0.15) is 78.0 Å². The molecule has 366 valence electrons. The average molecular weight is 969 g/mol. The van der Waals surface area contributed by atoms with E-state index in [-0.39, 0.29) is 17.5 Å². The van der Waals surface area contributed by atoms with Crippen LogP contribution in [0.2, 0.25) is 0 Å². The fraction of sp³-hybridized carbons (Fsp3) is 0.167. The van der Waals surface area contributed by atoms with Crippen molar-refractivity contribution in [2.24, 2.45) is 0 Å². The first-order chi connectivity index (χ1) is 36.4. The van der Waals surface area contributed by atoms with Gasteiger partial charge in [0.05, 0.1) is 5.69 Å². The van der Waals surface area contributed by atoms with E-state index in [1.165, 1.54) is 123 Å². The Morgan fingerprint density at radius 1 is 0.347 bits per heavy atom. The largest absolute Gasteiger partial charge is 0.311 e. The van der Waals surface area contributed by atoms with E-state index >= 15 is 0 Å². The average Bonchev–Trinajstić information content (AvgIpc) is 3.45. The molecular formula is C72H65BN2. The molecule has 12 rings (SSSR count). The smallest absolute Gasteiger partial charge is 0.252 e. The Kier molecular flexibility index (Phi) is 12.3. The van der Waals surface area contributed by atoms with Gasteiger partial charge in [-0.05, 0) is 150 Å². The van der Waals surface area contributed by atoms with Crippen LogP contribution in [0.15, 0.2) is 231 Å². The van der Waals surface area contributed by atoms with Gasteiger partial charge in [0, 0.05) is 39.6 Å². The third-order valence-electron chi connectivity index (χ3n) is 15.7. The van der Waals surface area contributed by atoms with E-state index in [1.807, 2.05) is 0 Å². The zero-order valence-electron chi connectivity index (χ0n) is 44.5. The molecule has 0 atom stereocenters. The molecule has 0 saturated heterocycles. The number of hydrogen-bond donors (Lipinski definition) is 0. The van der Waals surface area contributed by atoms with Crippen LogP contribution < -0.4 is 26.2 Å². The first-order valence-electron chi connectivity index (χ1n) is 27.1. The van der Waals surface area contributed by atoms with Crippen LogP contribution in [0, 0.1) is 0 Å². The van der Waals surface area contributed by atoms with Crippen LogP contribution in [-0.2, 0) is 17.3 Å². The summed E-state index contributed by atoms with van der Waals surface area (Å²) in [7, 11) is 0. The minimum absolute atomic E-state index is 0.0919. The highest BCUT2D eigenvalue weighted by molar-refractivity contribution is 7.00. The van der Waals surface area contributed by atoms with Crippen molar-refractivity contribution in [1.29, 1.82) is 0 Å². The zero-order chi connectivity index (χ0) is 51.4. The number of unbranched alkanes of at least 4 members (excludes halogenated alkanes) is 1. The fourth-order valence-corrected chi connectivity index (χ4v) is 11.7. The lowest BCUT2D eigenvalue weighted by atomic mass is 9.33. The van der Waals surface area contributed by atoms with E-state index in [0.717, 1.165) is 19.3 Å². The predicted octanol–water partition coefficient (Wildman–Crippen LogP) is 18.0. The van der Waals surface area contributed by atoms with Crippen molar-refractivity contribution >= 4 is 57.2 Å². The summed E-state index contributed by atoms with van der Waals surface area (Å²) in [6.07, 6.45) is 3.18. The number of anilines is 6. The summed E-state index contributed by atoms with van der Waals surface area (Å²) in [5.41, 5.74) is 27.0. The van der Waals surface area contributed by atoms with Gasteiger partial charge >= 0.3 is 0 Å². The Hall–Kier alpha value is -8.14. The lowest BCUT2D eigenvalue weighted by Gasteiger charge is -2.46. The van der Waals surface area contributed by atoms with Crippen molar-refractivity contribution in [3.63, 3.8) is 0 Å². The summed E-state index contributed by atoms with van der Waals surface area (Å²) in [4.78, 5) is 5.35. The first-order valence-corrected chi connectivity index (χ1v) is 27.1. The highest BCUT2D eigenvalue weighted by Crippen LogP contribution is 2.53. The maximum Gasteiger partial charge on any atom is 0.252 e. The highest BCUT2D eigenvalue weighted by Gasteiger charge is 2.45. The van der Waals surface area contributed by atoms with Gasteiger partial charge in [-0.2, -0.15) is 0 Å². The van der Waals surface area contributed by atoms with Crippen LogP contribution in [0.5, 0.6) is 0 Å². The summed E-state index contributed by atoms with van der Waals surface area (Å²) < 4.78 is 0. The summed E-state index contributed by atoms with van der Waals surface area (Å²) >= 11 is 0. The fourth-order valence-electron chi connectivity index (χ4n) is 11.7. The maximum absolute atomic E-state index is 2.69. The molecule has 0 aromatic heterocycles. The molecule has 0 radical (unpaired) electrons. The molecule has 0 aliphatic carbocycles. The van der Waals surface area contributed by atoms with Crippen LogP contribution in [0.25, 0.3) is 55.6 Å². The minimum Gasteiger partial charge on any atom is -0.311 e. The summed E-state index contributed by atoms with van der Waals surface area (Å²) in [5, 5.41) is 0. The Morgan fingerprint density at radius 3 is 1.15 bits per heavy atom. The van der Waals surface area contributed by atoms with E-state index < -0.39 is 0 Å². The first kappa shape index (κ1) is 47.8. The predicted molar refractivity (Wildman–Crippen MR) is 324 cm³/mol. The topological polar surface area (TPSA) is 6.48 Å². The number of hydrogen-bond acceptors (Lipinski definition) is 2. The Morgan fingerprint density at radius 2 is 0.720 bits per heavy atom. The molecule has 0 saturated carbocycles. The van der Waals surface area contributed by atoms with Crippen molar-refractivity contribution in [2.45, 2.75) is 78.6 Å². The van der Waals surface area contributed by atoms with E-state index in [4.69, 9.17) is 0 Å². The molecule has 75 heavy (non-hydrogen) atoms. The molecule has 2 aliphatic rings. The van der Waals surface area contributed by atoms with Gasteiger partial charge in [-0.3, -0.25) is 0 Å². The molecule has 0 unspecified atom stereocenters. The molecule has 0 amide bonds. The van der Waals surface area contributed by atoms with Crippen molar-refractivity contribution in [2.75, 3.05) is 9.80 Å². The molecular weight excluding hydrogens is 904 g/mol. The third-order valence-corrected chi connectivity index (χ3v) is 15.7. The number of aryl methyl sites for hydroxylation is 1. The summed E-state index contributed by atoms with van der Waals surface area (Å²) in [5.74, 6) is 0. The van der Waals surface area contributed by atoms with E-state index in [2.05, 4.69) is 289 Å². The van der Waals surface area contributed by atoms with Crippen molar-refractivity contribution in [3.8, 4) is 55.6 Å². The molecule has 2 aliphatic heterocycles. The molecule has 2 nitrogen and oxygen atoms in total. The van der Waals surface area contributed by atoms with Crippen molar-refractivity contribution in [1.82, 2.24) is 0 Å². The molecule has 2 heterocycles.